The van der Waals surface area contributed by atoms with Gasteiger partial charge in [-0.2, -0.15) is 0 Å². The molecule has 288 valence electrons. The largest absolute Gasteiger partial charge is 0.462 e. The molecule has 0 aromatic carbocycles. The Bertz CT molecular complexity index is 820. The lowest BCUT2D eigenvalue weighted by atomic mass is 9.99. The Hall–Kier alpha value is -1.56. The Kier molecular flexibility index (Phi) is 28.9. The van der Waals surface area contributed by atoms with Crippen molar-refractivity contribution in [2.75, 3.05) is 19.8 Å². The van der Waals surface area contributed by atoms with E-state index in [2.05, 4.69) is 26.0 Å². The van der Waals surface area contributed by atoms with E-state index in [1.807, 2.05) is 0 Å². The van der Waals surface area contributed by atoms with Crippen LogP contribution in [0.5, 0.6) is 0 Å². The lowest BCUT2D eigenvalue weighted by molar-refractivity contribution is -0.305. The van der Waals surface area contributed by atoms with E-state index in [1.165, 1.54) is 77.0 Å². The van der Waals surface area contributed by atoms with Crippen LogP contribution in [0.4, 0.5) is 0 Å². The Morgan fingerprint density at radius 1 is 0.612 bits per heavy atom. The molecule has 0 aliphatic carbocycles. The number of hydrogen-bond acceptors (Lipinski definition) is 10. The predicted octanol–water partition coefficient (Wildman–Crippen LogP) is 7.22. The molecule has 0 bridgehead atoms. The molecule has 0 radical (unpaired) electrons. The van der Waals surface area contributed by atoms with Crippen LogP contribution in [-0.2, 0) is 28.5 Å². The number of ether oxygens (including phenoxy) is 4. The predicted molar refractivity (Wildman–Crippen MR) is 192 cm³/mol. The van der Waals surface area contributed by atoms with Crippen molar-refractivity contribution in [2.45, 2.75) is 205 Å². The van der Waals surface area contributed by atoms with Gasteiger partial charge in [0, 0.05) is 12.8 Å². The molecule has 10 heteroatoms. The third-order valence-corrected chi connectivity index (χ3v) is 9.15. The number of unbranched alkanes of at least 4 members (excludes halogenated alkanes) is 19. The minimum absolute atomic E-state index is 0.217. The van der Waals surface area contributed by atoms with Gasteiger partial charge in [0.05, 0.1) is 13.2 Å². The van der Waals surface area contributed by atoms with Gasteiger partial charge in [-0.05, 0) is 38.5 Å². The fourth-order valence-corrected chi connectivity index (χ4v) is 5.95. The molecule has 6 unspecified atom stereocenters. The van der Waals surface area contributed by atoms with Crippen molar-refractivity contribution < 1.29 is 49.0 Å². The summed E-state index contributed by atoms with van der Waals surface area (Å²) in [5.74, 6) is -0.814. The first-order chi connectivity index (χ1) is 23.8. The van der Waals surface area contributed by atoms with Gasteiger partial charge in [-0.15, -0.1) is 0 Å². The van der Waals surface area contributed by atoms with Crippen molar-refractivity contribution in [2.24, 2.45) is 0 Å². The maximum Gasteiger partial charge on any atom is 0.306 e. The summed E-state index contributed by atoms with van der Waals surface area (Å²) in [6.07, 6.45) is 22.2. The zero-order valence-electron chi connectivity index (χ0n) is 30.9. The fourth-order valence-electron chi connectivity index (χ4n) is 5.95. The Balaban J connectivity index is 2.39. The van der Waals surface area contributed by atoms with Crippen molar-refractivity contribution in [1.29, 1.82) is 0 Å². The Labute approximate surface area is 297 Å². The van der Waals surface area contributed by atoms with E-state index in [9.17, 15) is 30.0 Å². The molecule has 1 aliphatic heterocycles. The first kappa shape index (κ1) is 45.5. The minimum atomic E-state index is -1.59. The maximum atomic E-state index is 12.7. The van der Waals surface area contributed by atoms with Crippen molar-refractivity contribution in [3.63, 3.8) is 0 Å². The first-order valence-electron chi connectivity index (χ1n) is 19.8. The summed E-state index contributed by atoms with van der Waals surface area (Å²) < 4.78 is 22.0. The molecule has 0 spiro atoms. The van der Waals surface area contributed by atoms with E-state index in [-0.39, 0.29) is 32.0 Å². The zero-order valence-corrected chi connectivity index (χ0v) is 30.9. The van der Waals surface area contributed by atoms with E-state index in [1.54, 1.807) is 0 Å². The average Bonchev–Trinajstić information content (AvgIpc) is 3.10. The topological polar surface area (TPSA) is 152 Å². The van der Waals surface area contributed by atoms with Crippen LogP contribution in [0.2, 0.25) is 0 Å². The normalized spacial score (nSPS) is 21.6. The van der Waals surface area contributed by atoms with Gasteiger partial charge < -0.3 is 39.4 Å². The molecule has 6 atom stereocenters. The molecule has 0 amide bonds. The molecule has 0 saturated carbocycles. The highest BCUT2D eigenvalue weighted by molar-refractivity contribution is 5.70. The SMILES string of the molecule is CCCCCCC=CCCCCCCCC(=O)OCC(COC1OC(CO)C(O)C(O)C1O)OC(=O)CCCCCCCCCCCCC. The highest BCUT2D eigenvalue weighted by Crippen LogP contribution is 2.22. The van der Waals surface area contributed by atoms with Crippen LogP contribution in [0.25, 0.3) is 0 Å². The average molecular weight is 701 g/mol. The molecule has 0 aromatic rings. The van der Waals surface area contributed by atoms with Crippen molar-refractivity contribution >= 4 is 11.9 Å². The molecule has 10 nitrogen and oxygen atoms in total. The van der Waals surface area contributed by atoms with Gasteiger partial charge in [-0.3, -0.25) is 9.59 Å². The van der Waals surface area contributed by atoms with Crippen LogP contribution in [0.15, 0.2) is 12.2 Å². The molecule has 1 fully saturated rings. The second-order valence-corrected chi connectivity index (χ2v) is 13.7. The highest BCUT2D eigenvalue weighted by Gasteiger charge is 2.44. The summed E-state index contributed by atoms with van der Waals surface area (Å²) in [7, 11) is 0. The van der Waals surface area contributed by atoms with Crippen LogP contribution in [0.1, 0.15) is 168 Å². The number of carbonyl (C=O) groups is 2. The second-order valence-electron chi connectivity index (χ2n) is 13.7. The summed E-state index contributed by atoms with van der Waals surface area (Å²) in [6, 6.07) is 0. The minimum Gasteiger partial charge on any atom is -0.462 e. The number of esters is 2. The van der Waals surface area contributed by atoms with Crippen LogP contribution >= 0.6 is 0 Å². The van der Waals surface area contributed by atoms with E-state index in [0.717, 1.165) is 57.8 Å². The van der Waals surface area contributed by atoms with E-state index < -0.39 is 49.4 Å². The van der Waals surface area contributed by atoms with E-state index in [0.29, 0.717) is 6.42 Å². The zero-order chi connectivity index (χ0) is 36.0. The maximum absolute atomic E-state index is 12.7. The summed E-state index contributed by atoms with van der Waals surface area (Å²) in [4.78, 5) is 25.1. The smallest absolute Gasteiger partial charge is 0.306 e. The second kappa shape index (κ2) is 31.2. The van der Waals surface area contributed by atoms with E-state index in [4.69, 9.17) is 18.9 Å². The van der Waals surface area contributed by atoms with Crippen LogP contribution in [0, 0.1) is 0 Å². The number of aliphatic hydroxyl groups is 4. The third kappa shape index (κ3) is 23.5. The summed E-state index contributed by atoms with van der Waals surface area (Å²) >= 11 is 0. The van der Waals surface area contributed by atoms with Crippen LogP contribution < -0.4 is 0 Å². The lowest BCUT2D eigenvalue weighted by Crippen LogP contribution is -2.59. The molecule has 1 heterocycles. The van der Waals surface area contributed by atoms with Gasteiger partial charge in [0.2, 0.25) is 0 Å². The van der Waals surface area contributed by atoms with Gasteiger partial charge in [0.25, 0.3) is 0 Å². The number of carbonyl (C=O) groups excluding carboxylic acids is 2. The Morgan fingerprint density at radius 3 is 1.61 bits per heavy atom. The van der Waals surface area contributed by atoms with E-state index >= 15 is 0 Å². The molecule has 4 N–H and O–H groups in total. The number of rotatable bonds is 32. The summed E-state index contributed by atoms with van der Waals surface area (Å²) in [5.41, 5.74) is 0. The molecule has 1 saturated heterocycles. The highest BCUT2D eigenvalue weighted by atomic mass is 16.7. The van der Waals surface area contributed by atoms with Crippen LogP contribution in [-0.4, -0.2) is 89.0 Å². The number of allylic oxidation sites excluding steroid dienone is 2. The fraction of sp³-hybridized carbons (Fsp3) is 0.897. The van der Waals surface area contributed by atoms with Gasteiger partial charge in [-0.25, -0.2) is 0 Å². The van der Waals surface area contributed by atoms with Gasteiger partial charge >= 0.3 is 11.9 Å². The molecular formula is C39H72O10. The molecular weight excluding hydrogens is 628 g/mol. The summed E-state index contributed by atoms with van der Waals surface area (Å²) in [5, 5.41) is 39.9. The first-order valence-corrected chi connectivity index (χ1v) is 19.8. The van der Waals surface area contributed by atoms with Crippen molar-refractivity contribution in [3.8, 4) is 0 Å². The van der Waals surface area contributed by atoms with Crippen molar-refractivity contribution in [3.05, 3.63) is 12.2 Å². The number of hydrogen-bond donors (Lipinski definition) is 4. The standard InChI is InChI=1S/C39H72O10/c1-3-5-7-9-11-13-15-16-18-19-21-23-25-27-34(41)46-30-32(31-47-39-38(45)37(44)36(43)33(29-40)49-39)48-35(42)28-26-24-22-20-17-14-12-10-8-6-4-2/h13,15,32-33,36-40,43-45H,3-12,14,16-31H2,1-2H3. The number of aliphatic hydroxyl groups excluding tert-OH is 4. The molecule has 49 heavy (non-hydrogen) atoms. The lowest BCUT2D eigenvalue weighted by Gasteiger charge is -2.39. The van der Waals surface area contributed by atoms with Crippen LogP contribution in [0.3, 0.4) is 0 Å². The molecule has 1 rings (SSSR count). The third-order valence-electron chi connectivity index (χ3n) is 9.15. The summed E-state index contributed by atoms with van der Waals surface area (Å²) in [6.45, 7) is 3.38. The van der Waals surface area contributed by atoms with Crippen molar-refractivity contribution in [1.82, 2.24) is 0 Å². The van der Waals surface area contributed by atoms with Gasteiger partial charge in [0.15, 0.2) is 12.4 Å². The van der Waals surface area contributed by atoms with Gasteiger partial charge in [0.1, 0.15) is 31.0 Å². The quantitative estimate of drug-likeness (QED) is 0.0322. The monoisotopic (exact) mass is 701 g/mol. The van der Waals surface area contributed by atoms with Gasteiger partial charge in [-0.1, -0.05) is 129 Å². The molecule has 0 aromatic heterocycles. The molecule has 1 aliphatic rings. The Morgan fingerprint density at radius 2 is 1.08 bits per heavy atom.